The Hall–Kier alpha value is -5.41. The van der Waals surface area contributed by atoms with Crippen molar-refractivity contribution in [2.45, 2.75) is 0 Å². The highest BCUT2D eigenvalue weighted by molar-refractivity contribution is 6.23. The minimum absolute atomic E-state index is 0.638. The maximum Gasteiger partial charge on any atom is 0.227 e. The molecular formula is C37H24N2O. The Bertz CT molecular complexity index is 2160. The fraction of sp³-hybridized carbons (Fsp3) is 0. The Morgan fingerprint density at radius 2 is 1.10 bits per heavy atom. The van der Waals surface area contributed by atoms with Crippen molar-refractivity contribution in [1.29, 1.82) is 0 Å². The zero-order valence-electron chi connectivity index (χ0n) is 21.7. The summed E-state index contributed by atoms with van der Waals surface area (Å²) in [5.74, 6) is 0.638. The summed E-state index contributed by atoms with van der Waals surface area (Å²) in [6.45, 7) is 0. The molecule has 0 amide bonds. The summed E-state index contributed by atoms with van der Waals surface area (Å²) >= 11 is 0. The molecule has 3 heteroatoms. The van der Waals surface area contributed by atoms with Crippen LogP contribution in [0, 0.1) is 0 Å². The van der Waals surface area contributed by atoms with E-state index >= 15 is 0 Å². The molecule has 0 N–H and O–H groups in total. The van der Waals surface area contributed by atoms with E-state index in [2.05, 4.69) is 120 Å². The molecule has 0 bridgehead atoms. The topological polar surface area (TPSA) is 29.3 Å². The first-order chi connectivity index (χ1) is 19.8. The fourth-order valence-corrected chi connectivity index (χ4v) is 5.75. The number of nitrogens with zero attached hydrogens (tertiary/aromatic N) is 2. The molecule has 1 aromatic heterocycles. The number of oxazole rings is 1. The summed E-state index contributed by atoms with van der Waals surface area (Å²) in [5.41, 5.74) is 5.99. The van der Waals surface area contributed by atoms with Gasteiger partial charge in [-0.05, 0) is 76.1 Å². The van der Waals surface area contributed by atoms with Crippen LogP contribution in [0.25, 0.3) is 54.9 Å². The molecule has 40 heavy (non-hydrogen) atoms. The molecule has 0 fully saturated rings. The number of anilines is 3. The Balaban J connectivity index is 1.39. The highest BCUT2D eigenvalue weighted by Crippen LogP contribution is 2.42. The molecule has 0 aliphatic heterocycles. The van der Waals surface area contributed by atoms with Crippen LogP contribution in [0.3, 0.4) is 0 Å². The first-order valence-corrected chi connectivity index (χ1v) is 13.5. The number of aromatic nitrogens is 1. The number of fused-ring (bicyclic) bond motifs is 7. The average Bonchev–Trinajstić information content (AvgIpc) is 3.48. The molecule has 0 saturated heterocycles. The van der Waals surface area contributed by atoms with Gasteiger partial charge in [-0.15, -0.1) is 0 Å². The van der Waals surface area contributed by atoms with E-state index in [-0.39, 0.29) is 0 Å². The summed E-state index contributed by atoms with van der Waals surface area (Å²) in [6, 6.07) is 50.9. The van der Waals surface area contributed by atoms with Crippen LogP contribution >= 0.6 is 0 Å². The summed E-state index contributed by atoms with van der Waals surface area (Å²) in [6.07, 6.45) is 0. The van der Waals surface area contributed by atoms with Gasteiger partial charge in [-0.3, -0.25) is 0 Å². The maximum atomic E-state index is 6.41. The lowest BCUT2D eigenvalue weighted by Crippen LogP contribution is -2.09. The van der Waals surface area contributed by atoms with Crippen LogP contribution in [0.15, 0.2) is 150 Å². The number of para-hydroxylation sites is 1. The third-order valence-electron chi connectivity index (χ3n) is 7.63. The molecule has 0 aliphatic rings. The van der Waals surface area contributed by atoms with Crippen LogP contribution in [0.4, 0.5) is 17.1 Å². The van der Waals surface area contributed by atoms with E-state index in [1.807, 2.05) is 30.3 Å². The summed E-state index contributed by atoms with van der Waals surface area (Å²) in [7, 11) is 0. The molecule has 0 atom stereocenters. The van der Waals surface area contributed by atoms with E-state index in [0.29, 0.717) is 5.89 Å². The predicted molar refractivity (Wildman–Crippen MR) is 167 cm³/mol. The van der Waals surface area contributed by atoms with Gasteiger partial charge in [0.1, 0.15) is 5.52 Å². The van der Waals surface area contributed by atoms with Crippen molar-refractivity contribution in [3.63, 3.8) is 0 Å². The van der Waals surface area contributed by atoms with Crippen molar-refractivity contribution in [2.75, 3.05) is 4.90 Å². The summed E-state index contributed by atoms with van der Waals surface area (Å²) in [5, 5.41) is 6.88. The van der Waals surface area contributed by atoms with Crippen LogP contribution in [-0.4, -0.2) is 4.98 Å². The lowest BCUT2D eigenvalue weighted by Gasteiger charge is -2.26. The lowest BCUT2D eigenvalue weighted by atomic mass is 9.99. The summed E-state index contributed by atoms with van der Waals surface area (Å²) in [4.78, 5) is 7.33. The van der Waals surface area contributed by atoms with Gasteiger partial charge in [0.05, 0.1) is 0 Å². The molecule has 0 unspecified atom stereocenters. The van der Waals surface area contributed by atoms with Crippen molar-refractivity contribution in [1.82, 2.24) is 4.98 Å². The van der Waals surface area contributed by atoms with E-state index in [0.717, 1.165) is 55.3 Å². The van der Waals surface area contributed by atoms with Gasteiger partial charge in [-0.1, -0.05) is 91.0 Å². The number of hydrogen-bond acceptors (Lipinski definition) is 3. The van der Waals surface area contributed by atoms with E-state index in [4.69, 9.17) is 9.40 Å². The van der Waals surface area contributed by atoms with Crippen molar-refractivity contribution >= 4 is 60.5 Å². The van der Waals surface area contributed by atoms with Crippen LogP contribution in [0.2, 0.25) is 0 Å². The lowest BCUT2D eigenvalue weighted by molar-refractivity contribution is 0.623. The van der Waals surface area contributed by atoms with Gasteiger partial charge in [0.15, 0.2) is 5.58 Å². The molecular weight excluding hydrogens is 488 g/mol. The van der Waals surface area contributed by atoms with Gasteiger partial charge in [-0.25, -0.2) is 4.98 Å². The van der Waals surface area contributed by atoms with E-state index in [1.165, 1.54) is 10.8 Å². The van der Waals surface area contributed by atoms with E-state index in [1.54, 1.807) is 0 Å². The minimum Gasteiger partial charge on any atom is -0.435 e. The van der Waals surface area contributed by atoms with Gasteiger partial charge in [0.25, 0.3) is 0 Å². The molecule has 8 aromatic rings. The Labute approximate surface area is 231 Å². The zero-order valence-corrected chi connectivity index (χ0v) is 21.7. The van der Waals surface area contributed by atoms with Gasteiger partial charge in [0.2, 0.25) is 5.89 Å². The monoisotopic (exact) mass is 512 g/mol. The number of hydrogen-bond donors (Lipinski definition) is 0. The normalized spacial score (nSPS) is 11.5. The van der Waals surface area contributed by atoms with Crippen molar-refractivity contribution in [2.24, 2.45) is 0 Å². The molecule has 0 aliphatic carbocycles. The minimum atomic E-state index is 0.638. The van der Waals surface area contributed by atoms with Crippen molar-refractivity contribution in [3.05, 3.63) is 146 Å². The molecule has 8 rings (SSSR count). The highest BCUT2D eigenvalue weighted by Gasteiger charge is 2.19. The largest absolute Gasteiger partial charge is 0.435 e. The maximum absolute atomic E-state index is 6.41. The standard InChI is InChI=1S/C37H24N2O/c1-3-12-26(13-4-1)37-38-35-32-22-21-30(24-34(32)31-17-9-10-18-33(31)36(35)40-37)39(28-15-5-2-6-16-28)29-20-19-25-11-7-8-14-27(25)23-29/h1-24H. The zero-order chi connectivity index (χ0) is 26.5. The molecule has 188 valence electrons. The highest BCUT2D eigenvalue weighted by atomic mass is 16.3. The van der Waals surface area contributed by atoms with Crippen LogP contribution < -0.4 is 4.90 Å². The molecule has 0 radical (unpaired) electrons. The predicted octanol–water partition coefficient (Wildman–Crippen LogP) is 10.4. The Kier molecular flexibility index (Phi) is 5.14. The van der Waals surface area contributed by atoms with Crippen LogP contribution in [0.5, 0.6) is 0 Å². The van der Waals surface area contributed by atoms with Gasteiger partial charge in [-0.2, -0.15) is 0 Å². The Morgan fingerprint density at radius 1 is 0.450 bits per heavy atom. The van der Waals surface area contributed by atoms with Crippen molar-refractivity contribution < 1.29 is 4.42 Å². The third-order valence-corrected chi connectivity index (χ3v) is 7.63. The molecule has 0 spiro atoms. The molecule has 3 nitrogen and oxygen atoms in total. The second kappa shape index (κ2) is 9.11. The van der Waals surface area contributed by atoms with Gasteiger partial charge >= 0.3 is 0 Å². The van der Waals surface area contributed by atoms with E-state index in [9.17, 15) is 0 Å². The second-order valence-electron chi connectivity index (χ2n) is 10.0. The first-order valence-electron chi connectivity index (χ1n) is 13.5. The van der Waals surface area contributed by atoms with Gasteiger partial charge in [0, 0.05) is 33.4 Å². The van der Waals surface area contributed by atoms with Gasteiger partial charge < -0.3 is 9.32 Å². The summed E-state index contributed by atoms with van der Waals surface area (Å²) < 4.78 is 6.41. The smallest absolute Gasteiger partial charge is 0.227 e. The number of rotatable bonds is 4. The van der Waals surface area contributed by atoms with Crippen LogP contribution in [0.1, 0.15) is 0 Å². The fourth-order valence-electron chi connectivity index (χ4n) is 5.75. The third kappa shape index (κ3) is 3.63. The number of benzene rings is 7. The van der Waals surface area contributed by atoms with E-state index < -0.39 is 0 Å². The second-order valence-corrected chi connectivity index (χ2v) is 10.0. The van der Waals surface area contributed by atoms with Crippen LogP contribution in [-0.2, 0) is 0 Å². The Morgan fingerprint density at radius 3 is 1.93 bits per heavy atom. The molecule has 7 aromatic carbocycles. The first kappa shape index (κ1) is 22.6. The average molecular weight is 513 g/mol. The SMILES string of the molecule is c1ccc(-c2nc3c4ccc(N(c5ccccc5)c5ccc6ccccc6c5)cc4c4ccccc4c3o2)cc1. The molecule has 0 saturated carbocycles. The molecule has 1 heterocycles. The quantitative estimate of drug-likeness (QED) is 0.220. The van der Waals surface area contributed by atoms with Crippen molar-refractivity contribution in [3.8, 4) is 11.5 Å².